The summed E-state index contributed by atoms with van der Waals surface area (Å²) in [6.45, 7) is 3.91. The van der Waals surface area contributed by atoms with Crippen LogP contribution in [-0.4, -0.2) is 43.6 Å². The van der Waals surface area contributed by atoms with Crippen molar-refractivity contribution in [3.63, 3.8) is 0 Å². The van der Waals surface area contributed by atoms with Gasteiger partial charge in [-0.25, -0.2) is 17.4 Å². The van der Waals surface area contributed by atoms with Gasteiger partial charge < -0.3 is 15.5 Å². The summed E-state index contributed by atoms with van der Waals surface area (Å²) in [6.07, 6.45) is 3.12. The average molecular weight is 459 g/mol. The molecule has 3 heterocycles. The zero-order valence-electron chi connectivity index (χ0n) is 17.8. The first-order chi connectivity index (χ1) is 16.1. The van der Waals surface area contributed by atoms with E-state index < -0.39 is 10.0 Å². The molecule has 2 aromatic carbocycles. The van der Waals surface area contributed by atoms with E-state index in [1.165, 1.54) is 28.0 Å². The molecule has 1 fully saturated rings. The third-order valence-electron chi connectivity index (χ3n) is 5.71. The molecule has 0 spiro atoms. The Kier molecular flexibility index (Phi) is 5.46. The molecule has 0 atom stereocenters. The highest BCUT2D eigenvalue weighted by molar-refractivity contribution is 7.90. The van der Waals surface area contributed by atoms with Gasteiger partial charge in [0.05, 0.1) is 11.1 Å². The predicted octanol–water partition coefficient (Wildman–Crippen LogP) is 3.30. The number of anilines is 3. The maximum atomic E-state index is 13.3. The van der Waals surface area contributed by atoms with Crippen LogP contribution in [0.3, 0.4) is 0 Å². The molecular weight excluding hydrogens is 436 g/mol. The zero-order chi connectivity index (χ0) is 22.8. The highest BCUT2D eigenvalue weighted by Crippen LogP contribution is 2.27. The van der Waals surface area contributed by atoms with Gasteiger partial charge in [0.15, 0.2) is 0 Å². The number of piperazine rings is 1. The Labute approximate surface area is 192 Å². The highest BCUT2D eigenvalue weighted by atomic mass is 32.2. The minimum Gasteiger partial charge on any atom is -0.369 e. The molecule has 33 heavy (non-hydrogen) atoms. The van der Waals surface area contributed by atoms with Gasteiger partial charge in [0.1, 0.15) is 16.8 Å². The van der Waals surface area contributed by atoms with E-state index in [4.69, 9.17) is 0 Å². The maximum Gasteiger partial charge on any atom is 0.269 e. The number of aromatic nitrogens is 2. The average Bonchev–Trinajstić information content (AvgIpc) is 3.29. The normalized spacial score (nSPS) is 14.2. The second-order valence-electron chi connectivity index (χ2n) is 7.76. The summed E-state index contributed by atoms with van der Waals surface area (Å²) in [7, 11) is -3.94. The predicted molar refractivity (Wildman–Crippen MR) is 128 cm³/mol. The van der Waals surface area contributed by atoms with Crippen LogP contribution in [0, 0.1) is 11.3 Å². The summed E-state index contributed by atoms with van der Waals surface area (Å²) in [5, 5.41) is 16.6. The topological polar surface area (TPSA) is 103 Å². The number of nitrogens with one attached hydrogen (secondary N) is 2. The quantitative estimate of drug-likeness (QED) is 0.473. The highest BCUT2D eigenvalue weighted by Gasteiger charge is 2.22. The summed E-state index contributed by atoms with van der Waals surface area (Å²) in [6, 6.07) is 19.7. The Morgan fingerprint density at radius 3 is 2.55 bits per heavy atom. The molecule has 0 aliphatic carbocycles. The van der Waals surface area contributed by atoms with Gasteiger partial charge >= 0.3 is 0 Å². The SMILES string of the molecule is N#Cc1ccccc1S(=O)(=O)n1ccc2cnc(Nc3ccc(N4CCNCC4)cc3)cc21. The van der Waals surface area contributed by atoms with E-state index >= 15 is 0 Å². The van der Waals surface area contributed by atoms with Crippen LogP contribution in [-0.2, 0) is 10.0 Å². The number of benzene rings is 2. The lowest BCUT2D eigenvalue weighted by molar-refractivity contribution is 0.589. The molecule has 2 N–H and O–H groups in total. The molecular formula is C24H22N6O2S. The van der Waals surface area contributed by atoms with Crippen molar-refractivity contribution in [2.24, 2.45) is 0 Å². The van der Waals surface area contributed by atoms with Crippen molar-refractivity contribution in [3.8, 4) is 6.07 Å². The summed E-state index contributed by atoms with van der Waals surface area (Å²) < 4.78 is 27.8. The van der Waals surface area contributed by atoms with Crippen LogP contribution in [0.25, 0.3) is 10.9 Å². The first kappa shape index (κ1) is 21.0. The second-order valence-corrected chi connectivity index (χ2v) is 9.55. The molecule has 9 heteroatoms. The molecule has 0 saturated carbocycles. The fourth-order valence-electron chi connectivity index (χ4n) is 4.00. The summed E-state index contributed by atoms with van der Waals surface area (Å²) in [5.74, 6) is 0.529. The summed E-state index contributed by atoms with van der Waals surface area (Å²) >= 11 is 0. The van der Waals surface area contributed by atoms with Crippen molar-refractivity contribution in [1.82, 2.24) is 14.3 Å². The first-order valence-corrected chi connectivity index (χ1v) is 12.0. The van der Waals surface area contributed by atoms with E-state index in [0.717, 1.165) is 31.9 Å². The van der Waals surface area contributed by atoms with E-state index in [1.807, 2.05) is 18.2 Å². The van der Waals surface area contributed by atoms with E-state index in [9.17, 15) is 13.7 Å². The molecule has 8 nitrogen and oxygen atoms in total. The van der Waals surface area contributed by atoms with E-state index in [-0.39, 0.29) is 10.5 Å². The second kappa shape index (κ2) is 8.58. The van der Waals surface area contributed by atoms with Gasteiger partial charge in [0.2, 0.25) is 0 Å². The minimum absolute atomic E-state index is 0.0279. The van der Waals surface area contributed by atoms with Gasteiger partial charge in [-0.1, -0.05) is 12.1 Å². The van der Waals surface area contributed by atoms with Gasteiger partial charge in [-0.05, 0) is 42.5 Å². The van der Waals surface area contributed by atoms with Crippen molar-refractivity contribution in [3.05, 3.63) is 78.6 Å². The molecule has 2 aromatic heterocycles. The number of nitriles is 1. The molecule has 1 aliphatic heterocycles. The van der Waals surface area contributed by atoms with Crippen LogP contribution in [0.2, 0.25) is 0 Å². The molecule has 0 bridgehead atoms. The third kappa shape index (κ3) is 4.02. The number of nitrogens with zero attached hydrogens (tertiary/aromatic N) is 4. The smallest absolute Gasteiger partial charge is 0.269 e. The van der Waals surface area contributed by atoms with Crippen LogP contribution in [0.15, 0.2) is 78.0 Å². The molecule has 5 rings (SSSR count). The molecule has 1 saturated heterocycles. The van der Waals surface area contributed by atoms with E-state index in [1.54, 1.807) is 30.5 Å². The van der Waals surface area contributed by atoms with Crippen LogP contribution >= 0.6 is 0 Å². The van der Waals surface area contributed by atoms with Crippen molar-refractivity contribution in [2.75, 3.05) is 36.4 Å². The Hall–Kier alpha value is -3.87. The van der Waals surface area contributed by atoms with Crippen molar-refractivity contribution in [2.45, 2.75) is 4.90 Å². The fourth-order valence-corrected chi connectivity index (χ4v) is 5.49. The van der Waals surface area contributed by atoms with Crippen LogP contribution < -0.4 is 15.5 Å². The summed E-state index contributed by atoms with van der Waals surface area (Å²) in [4.78, 5) is 6.73. The molecule has 166 valence electrons. The lowest BCUT2D eigenvalue weighted by atomic mass is 10.2. The number of rotatable bonds is 5. The molecule has 0 amide bonds. The largest absolute Gasteiger partial charge is 0.369 e. The number of hydrogen-bond donors (Lipinski definition) is 2. The zero-order valence-corrected chi connectivity index (χ0v) is 18.6. The monoisotopic (exact) mass is 458 g/mol. The van der Waals surface area contributed by atoms with Crippen molar-refractivity contribution >= 4 is 38.1 Å². The lowest BCUT2D eigenvalue weighted by Crippen LogP contribution is -2.43. The number of fused-ring (bicyclic) bond motifs is 1. The van der Waals surface area contributed by atoms with E-state index in [2.05, 4.69) is 32.7 Å². The number of hydrogen-bond acceptors (Lipinski definition) is 7. The van der Waals surface area contributed by atoms with Crippen molar-refractivity contribution in [1.29, 1.82) is 5.26 Å². The van der Waals surface area contributed by atoms with Gasteiger partial charge in [0.25, 0.3) is 10.0 Å². The van der Waals surface area contributed by atoms with Crippen LogP contribution in [0.1, 0.15) is 5.56 Å². The summed E-state index contributed by atoms with van der Waals surface area (Å²) in [5.41, 5.74) is 2.62. The third-order valence-corrected chi connectivity index (χ3v) is 7.45. The molecule has 0 radical (unpaired) electrons. The molecule has 1 aliphatic rings. The van der Waals surface area contributed by atoms with Gasteiger partial charge in [-0.2, -0.15) is 5.26 Å². The molecule has 0 unspecified atom stereocenters. The standard InChI is InChI=1S/C24H22N6O2S/c25-16-18-3-1-2-4-23(18)33(31,32)30-12-9-19-17-27-24(15-22(19)30)28-20-5-7-21(8-6-20)29-13-10-26-11-14-29/h1-9,12,15,17,26H,10-11,13-14H2,(H,27,28). The Balaban J connectivity index is 1.45. The molecule has 4 aromatic rings. The Morgan fingerprint density at radius 1 is 1.03 bits per heavy atom. The maximum absolute atomic E-state index is 13.3. The minimum atomic E-state index is -3.94. The fraction of sp³-hybridized carbons (Fsp3) is 0.167. The first-order valence-electron chi connectivity index (χ1n) is 10.6. The number of pyridine rings is 1. The van der Waals surface area contributed by atoms with E-state index in [0.29, 0.717) is 16.7 Å². The van der Waals surface area contributed by atoms with Gasteiger partial charge in [0, 0.05) is 61.4 Å². The van der Waals surface area contributed by atoms with Crippen molar-refractivity contribution < 1.29 is 8.42 Å². The van der Waals surface area contributed by atoms with Gasteiger partial charge in [-0.15, -0.1) is 0 Å². The van der Waals surface area contributed by atoms with Gasteiger partial charge in [-0.3, -0.25) is 0 Å². The lowest BCUT2D eigenvalue weighted by Gasteiger charge is -2.29. The van der Waals surface area contributed by atoms with Crippen LogP contribution in [0.5, 0.6) is 0 Å². The van der Waals surface area contributed by atoms with Crippen LogP contribution in [0.4, 0.5) is 17.2 Å². The Bertz CT molecular complexity index is 1450. The Morgan fingerprint density at radius 2 is 1.79 bits per heavy atom.